The summed E-state index contributed by atoms with van der Waals surface area (Å²) in [7, 11) is -1.98. The highest BCUT2D eigenvalue weighted by Gasteiger charge is 2.30. The summed E-state index contributed by atoms with van der Waals surface area (Å²) in [6, 6.07) is 13.1. The van der Waals surface area contributed by atoms with Gasteiger partial charge >= 0.3 is 0 Å². The molecule has 0 aliphatic carbocycles. The van der Waals surface area contributed by atoms with Crippen molar-refractivity contribution in [2.45, 2.75) is 37.1 Å². The van der Waals surface area contributed by atoms with Crippen molar-refractivity contribution in [2.75, 3.05) is 19.0 Å². The Balaban J connectivity index is 1.75. The second-order valence-electron chi connectivity index (χ2n) is 6.67. The largest absolute Gasteiger partial charge is 0.497 e. The fraction of sp³-hybridized carbons (Fsp3) is 0.350. The van der Waals surface area contributed by atoms with Crippen LogP contribution >= 0.6 is 0 Å². The molecule has 1 atom stereocenters. The maximum atomic E-state index is 12.9. The summed E-state index contributed by atoms with van der Waals surface area (Å²) in [4.78, 5) is 12.6. The Kier molecular flexibility index (Phi) is 5.82. The van der Waals surface area contributed by atoms with Crippen LogP contribution in [0.5, 0.6) is 5.75 Å². The Morgan fingerprint density at radius 1 is 1.15 bits per heavy atom. The molecule has 3 rings (SSSR count). The summed E-state index contributed by atoms with van der Waals surface area (Å²) in [6.45, 7) is 2.48. The zero-order chi connectivity index (χ0) is 19.4. The molecule has 0 unspecified atom stereocenters. The predicted octanol–water partition coefficient (Wildman–Crippen LogP) is 3.51. The third-order valence-electron chi connectivity index (χ3n) is 4.79. The molecule has 1 N–H and O–H groups in total. The maximum absolute atomic E-state index is 12.9. The summed E-state index contributed by atoms with van der Waals surface area (Å²) in [5, 5.41) is 2.78. The van der Waals surface area contributed by atoms with E-state index in [9.17, 15) is 13.2 Å². The topological polar surface area (TPSA) is 75.7 Å². The van der Waals surface area contributed by atoms with E-state index in [0.29, 0.717) is 23.5 Å². The summed E-state index contributed by atoms with van der Waals surface area (Å²) >= 11 is 0. The standard InChI is InChI=1S/C20H24N2O4S/c1-15-6-3-4-13-22(15)27(24,25)19-11-9-16(10-12-19)20(23)21-17-7-5-8-18(14-17)26-2/h5,7-12,14-15H,3-4,6,13H2,1-2H3,(H,21,23)/t15-/m0/s1. The Morgan fingerprint density at radius 2 is 1.89 bits per heavy atom. The number of sulfonamides is 1. The van der Waals surface area contributed by atoms with Crippen LogP contribution in [-0.4, -0.2) is 38.3 Å². The van der Waals surface area contributed by atoms with Crippen LogP contribution in [-0.2, 0) is 10.0 Å². The van der Waals surface area contributed by atoms with Crippen molar-refractivity contribution >= 4 is 21.6 Å². The van der Waals surface area contributed by atoms with E-state index in [4.69, 9.17) is 4.74 Å². The summed E-state index contributed by atoms with van der Waals surface area (Å²) in [5.74, 6) is 0.337. The van der Waals surface area contributed by atoms with E-state index in [1.54, 1.807) is 35.7 Å². The van der Waals surface area contributed by atoms with Gasteiger partial charge in [-0.15, -0.1) is 0 Å². The van der Waals surface area contributed by atoms with Crippen LogP contribution in [0.25, 0.3) is 0 Å². The first-order chi connectivity index (χ1) is 12.9. The molecule has 6 nitrogen and oxygen atoms in total. The van der Waals surface area contributed by atoms with Gasteiger partial charge in [0.15, 0.2) is 0 Å². The van der Waals surface area contributed by atoms with Gasteiger partial charge in [0.1, 0.15) is 5.75 Å². The van der Waals surface area contributed by atoms with E-state index in [-0.39, 0.29) is 16.8 Å². The molecule has 1 amide bonds. The zero-order valence-electron chi connectivity index (χ0n) is 15.5. The molecule has 0 bridgehead atoms. The monoisotopic (exact) mass is 388 g/mol. The first-order valence-electron chi connectivity index (χ1n) is 8.99. The van der Waals surface area contributed by atoms with Gasteiger partial charge < -0.3 is 10.1 Å². The number of carbonyl (C=O) groups excluding carboxylic acids is 1. The molecular formula is C20H24N2O4S. The number of hydrogen-bond donors (Lipinski definition) is 1. The zero-order valence-corrected chi connectivity index (χ0v) is 16.3. The summed E-state index contributed by atoms with van der Waals surface area (Å²) in [5.41, 5.74) is 1.00. The molecule has 0 radical (unpaired) electrons. The van der Waals surface area contributed by atoms with Gasteiger partial charge in [-0.05, 0) is 56.2 Å². The first-order valence-corrected chi connectivity index (χ1v) is 10.4. The number of benzene rings is 2. The SMILES string of the molecule is COc1cccc(NC(=O)c2ccc(S(=O)(=O)N3CCCC[C@@H]3C)cc2)c1. The minimum absolute atomic E-state index is 0.000198. The van der Waals surface area contributed by atoms with E-state index < -0.39 is 10.0 Å². The molecule has 1 aliphatic heterocycles. The Morgan fingerprint density at radius 3 is 2.56 bits per heavy atom. The van der Waals surface area contributed by atoms with Crippen molar-refractivity contribution in [1.29, 1.82) is 0 Å². The minimum Gasteiger partial charge on any atom is -0.497 e. The highest BCUT2D eigenvalue weighted by atomic mass is 32.2. The lowest BCUT2D eigenvalue weighted by Crippen LogP contribution is -2.41. The van der Waals surface area contributed by atoms with Crippen LogP contribution in [0.15, 0.2) is 53.4 Å². The van der Waals surface area contributed by atoms with Crippen molar-refractivity contribution in [1.82, 2.24) is 4.31 Å². The number of amides is 1. The molecule has 2 aromatic carbocycles. The normalized spacial score (nSPS) is 18.1. The van der Waals surface area contributed by atoms with Crippen LogP contribution in [0.1, 0.15) is 36.5 Å². The number of ether oxygens (including phenoxy) is 1. The number of nitrogens with one attached hydrogen (secondary N) is 1. The number of anilines is 1. The lowest BCUT2D eigenvalue weighted by molar-refractivity contribution is 0.102. The van der Waals surface area contributed by atoms with Gasteiger partial charge in [0.25, 0.3) is 5.91 Å². The molecule has 1 heterocycles. The van der Waals surface area contributed by atoms with E-state index in [0.717, 1.165) is 19.3 Å². The average Bonchev–Trinajstić information content (AvgIpc) is 2.68. The second kappa shape index (κ2) is 8.10. The van der Waals surface area contributed by atoms with E-state index in [1.165, 1.54) is 24.3 Å². The van der Waals surface area contributed by atoms with Crippen molar-refractivity contribution < 1.29 is 17.9 Å². The fourth-order valence-corrected chi connectivity index (χ4v) is 4.95. The third kappa shape index (κ3) is 4.31. The highest BCUT2D eigenvalue weighted by molar-refractivity contribution is 7.89. The van der Waals surface area contributed by atoms with Gasteiger partial charge in [0.2, 0.25) is 10.0 Å². The smallest absolute Gasteiger partial charge is 0.255 e. The fourth-order valence-electron chi connectivity index (χ4n) is 3.25. The number of methoxy groups -OCH3 is 1. The molecular weight excluding hydrogens is 364 g/mol. The molecule has 0 spiro atoms. The Labute approximate surface area is 160 Å². The molecule has 144 valence electrons. The van der Waals surface area contributed by atoms with Crippen LogP contribution in [0.3, 0.4) is 0 Å². The van der Waals surface area contributed by atoms with Crippen molar-refractivity contribution in [3.8, 4) is 5.75 Å². The molecule has 27 heavy (non-hydrogen) atoms. The van der Waals surface area contributed by atoms with Crippen LogP contribution < -0.4 is 10.1 Å². The van der Waals surface area contributed by atoms with E-state index in [1.807, 2.05) is 6.92 Å². The quantitative estimate of drug-likeness (QED) is 0.850. The minimum atomic E-state index is -3.54. The number of piperidine rings is 1. The lowest BCUT2D eigenvalue weighted by Gasteiger charge is -2.32. The van der Waals surface area contributed by atoms with Gasteiger partial charge in [-0.3, -0.25) is 4.79 Å². The van der Waals surface area contributed by atoms with Gasteiger partial charge in [0.05, 0.1) is 12.0 Å². The van der Waals surface area contributed by atoms with E-state index in [2.05, 4.69) is 5.32 Å². The number of nitrogens with zero attached hydrogens (tertiary/aromatic N) is 1. The van der Waals surface area contributed by atoms with Crippen molar-refractivity contribution in [3.05, 3.63) is 54.1 Å². The third-order valence-corrected chi connectivity index (χ3v) is 6.82. The molecule has 2 aromatic rings. The van der Waals surface area contributed by atoms with Crippen molar-refractivity contribution in [2.24, 2.45) is 0 Å². The van der Waals surface area contributed by atoms with Crippen LogP contribution in [0.4, 0.5) is 5.69 Å². The molecule has 1 saturated heterocycles. The van der Waals surface area contributed by atoms with Crippen molar-refractivity contribution in [3.63, 3.8) is 0 Å². The Bertz CT molecular complexity index is 910. The summed E-state index contributed by atoms with van der Waals surface area (Å²) in [6.07, 6.45) is 2.81. The summed E-state index contributed by atoms with van der Waals surface area (Å²) < 4.78 is 32.4. The first kappa shape index (κ1) is 19.4. The van der Waals surface area contributed by atoms with Crippen LogP contribution in [0.2, 0.25) is 0 Å². The molecule has 0 saturated carbocycles. The predicted molar refractivity (Wildman–Crippen MR) is 105 cm³/mol. The average molecular weight is 388 g/mol. The second-order valence-corrected chi connectivity index (χ2v) is 8.56. The van der Waals surface area contributed by atoms with Gasteiger partial charge in [-0.2, -0.15) is 4.31 Å². The van der Waals surface area contributed by atoms with Gasteiger partial charge in [-0.1, -0.05) is 12.5 Å². The number of carbonyl (C=O) groups is 1. The van der Waals surface area contributed by atoms with E-state index >= 15 is 0 Å². The highest BCUT2D eigenvalue weighted by Crippen LogP contribution is 2.25. The van der Waals surface area contributed by atoms with Gasteiger partial charge in [-0.25, -0.2) is 8.42 Å². The maximum Gasteiger partial charge on any atom is 0.255 e. The Hall–Kier alpha value is -2.38. The van der Waals surface area contributed by atoms with Gasteiger partial charge in [0, 0.05) is 29.9 Å². The number of rotatable bonds is 5. The molecule has 0 aromatic heterocycles. The lowest BCUT2D eigenvalue weighted by atomic mass is 10.1. The number of hydrogen-bond acceptors (Lipinski definition) is 4. The van der Waals surface area contributed by atoms with Crippen LogP contribution in [0, 0.1) is 0 Å². The molecule has 7 heteroatoms. The molecule has 1 fully saturated rings. The molecule has 1 aliphatic rings.